The summed E-state index contributed by atoms with van der Waals surface area (Å²) in [6.45, 7) is 8.57. The van der Waals surface area contributed by atoms with Gasteiger partial charge in [0.05, 0.1) is 0 Å². The van der Waals surface area contributed by atoms with Crippen molar-refractivity contribution < 1.29 is 4.79 Å². The van der Waals surface area contributed by atoms with E-state index in [1.54, 1.807) is 0 Å². The summed E-state index contributed by atoms with van der Waals surface area (Å²) in [4.78, 5) is 11.8. The van der Waals surface area contributed by atoms with Crippen molar-refractivity contribution >= 4 is 5.78 Å². The third-order valence-electron chi connectivity index (χ3n) is 2.87. The normalized spacial score (nSPS) is 23.5. The molecule has 1 unspecified atom stereocenters. The van der Waals surface area contributed by atoms with Crippen LogP contribution in [0.1, 0.15) is 46.5 Å². The number of carbonyl (C=O) groups is 1. The predicted octanol–water partition coefficient (Wildman–Crippen LogP) is 2.38. The van der Waals surface area contributed by atoms with Gasteiger partial charge in [-0.15, -0.1) is 0 Å². The smallest absolute Gasteiger partial charge is 0.137 e. The van der Waals surface area contributed by atoms with Gasteiger partial charge in [-0.25, -0.2) is 0 Å². The molecule has 0 radical (unpaired) electrons. The van der Waals surface area contributed by atoms with Gasteiger partial charge in [-0.1, -0.05) is 20.8 Å². The average Bonchev–Trinajstić information content (AvgIpc) is 2.14. The lowest BCUT2D eigenvalue weighted by molar-refractivity contribution is -0.123. The molecule has 1 fully saturated rings. The van der Waals surface area contributed by atoms with E-state index in [9.17, 15) is 4.79 Å². The maximum atomic E-state index is 11.8. The number of ketones is 1. The van der Waals surface area contributed by atoms with Crippen molar-refractivity contribution in [1.82, 2.24) is 5.32 Å². The lowest BCUT2D eigenvalue weighted by Crippen LogP contribution is -2.34. The Morgan fingerprint density at radius 1 is 1.43 bits per heavy atom. The molecule has 0 aliphatic carbocycles. The standard InChI is InChI=1S/C12H23NO/c1-12(2,3)7-6-11(14)10-5-4-8-13-9-10/h10,13H,4-9H2,1-3H3. The SMILES string of the molecule is CC(C)(C)CCC(=O)C1CCCNC1. The van der Waals surface area contributed by atoms with Crippen LogP contribution in [0.3, 0.4) is 0 Å². The minimum absolute atomic E-state index is 0.289. The van der Waals surface area contributed by atoms with Crippen molar-refractivity contribution in [2.45, 2.75) is 46.5 Å². The van der Waals surface area contributed by atoms with Gasteiger partial charge in [0.1, 0.15) is 5.78 Å². The van der Waals surface area contributed by atoms with Gasteiger partial charge in [0.2, 0.25) is 0 Å². The molecule has 1 aliphatic rings. The fourth-order valence-corrected chi connectivity index (χ4v) is 1.83. The maximum absolute atomic E-state index is 11.8. The van der Waals surface area contributed by atoms with Crippen LogP contribution in [-0.4, -0.2) is 18.9 Å². The summed E-state index contributed by atoms with van der Waals surface area (Å²) in [6, 6.07) is 0. The van der Waals surface area contributed by atoms with Crippen molar-refractivity contribution in [1.29, 1.82) is 0 Å². The van der Waals surface area contributed by atoms with Crippen LogP contribution in [0, 0.1) is 11.3 Å². The lowest BCUT2D eigenvalue weighted by Gasteiger charge is -2.23. The molecule has 0 amide bonds. The van der Waals surface area contributed by atoms with E-state index in [0.717, 1.165) is 38.8 Å². The molecule has 0 saturated carbocycles. The second-order valence-electron chi connectivity index (χ2n) is 5.57. The average molecular weight is 197 g/mol. The van der Waals surface area contributed by atoms with Gasteiger partial charge in [0.25, 0.3) is 0 Å². The molecule has 2 heteroatoms. The molecule has 14 heavy (non-hydrogen) atoms. The summed E-state index contributed by atoms with van der Waals surface area (Å²) in [5, 5.41) is 3.29. The number of hydrogen-bond donors (Lipinski definition) is 1. The van der Waals surface area contributed by atoms with Gasteiger partial charge in [-0.3, -0.25) is 4.79 Å². The van der Waals surface area contributed by atoms with Crippen molar-refractivity contribution in [3.05, 3.63) is 0 Å². The number of hydrogen-bond acceptors (Lipinski definition) is 2. The zero-order valence-electron chi connectivity index (χ0n) is 9.73. The number of Topliss-reactive ketones (excluding diaryl/α,β-unsaturated/α-hetero) is 1. The largest absolute Gasteiger partial charge is 0.316 e. The number of rotatable bonds is 3. The fourth-order valence-electron chi connectivity index (χ4n) is 1.83. The Hall–Kier alpha value is -0.370. The minimum Gasteiger partial charge on any atom is -0.316 e. The summed E-state index contributed by atoms with van der Waals surface area (Å²) < 4.78 is 0. The summed E-state index contributed by atoms with van der Waals surface area (Å²) in [5.41, 5.74) is 0.289. The molecule has 1 N–H and O–H groups in total. The first-order chi connectivity index (χ1) is 6.49. The summed E-state index contributed by atoms with van der Waals surface area (Å²) in [6.07, 6.45) is 4.03. The highest BCUT2D eigenvalue weighted by atomic mass is 16.1. The van der Waals surface area contributed by atoms with Crippen molar-refractivity contribution in [3.63, 3.8) is 0 Å². The molecule has 1 heterocycles. The molecule has 0 spiro atoms. The van der Waals surface area contributed by atoms with Crippen LogP contribution in [0.2, 0.25) is 0 Å². The summed E-state index contributed by atoms with van der Waals surface area (Å²) in [7, 11) is 0. The van der Waals surface area contributed by atoms with Gasteiger partial charge < -0.3 is 5.32 Å². The molecule has 1 atom stereocenters. The fraction of sp³-hybridized carbons (Fsp3) is 0.917. The van der Waals surface area contributed by atoms with E-state index in [2.05, 4.69) is 26.1 Å². The monoisotopic (exact) mass is 197 g/mol. The first kappa shape index (κ1) is 11.7. The lowest BCUT2D eigenvalue weighted by atomic mass is 9.85. The maximum Gasteiger partial charge on any atom is 0.137 e. The van der Waals surface area contributed by atoms with Crippen LogP contribution in [0.25, 0.3) is 0 Å². The Bertz CT molecular complexity index is 187. The molecule has 0 aromatic rings. The van der Waals surface area contributed by atoms with Gasteiger partial charge in [-0.2, -0.15) is 0 Å². The van der Waals surface area contributed by atoms with E-state index in [-0.39, 0.29) is 5.41 Å². The summed E-state index contributed by atoms with van der Waals surface area (Å²) >= 11 is 0. The highest BCUT2D eigenvalue weighted by Crippen LogP contribution is 2.23. The third kappa shape index (κ3) is 4.23. The van der Waals surface area contributed by atoms with E-state index in [1.165, 1.54) is 0 Å². The van der Waals surface area contributed by atoms with E-state index in [0.29, 0.717) is 11.7 Å². The molecule has 0 bridgehead atoms. The van der Waals surface area contributed by atoms with Crippen molar-refractivity contribution in [3.8, 4) is 0 Å². The van der Waals surface area contributed by atoms with Crippen LogP contribution >= 0.6 is 0 Å². The van der Waals surface area contributed by atoms with Gasteiger partial charge >= 0.3 is 0 Å². The highest BCUT2D eigenvalue weighted by molar-refractivity contribution is 5.81. The van der Waals surface area contributed by atoms with Crippen LogP contribution in [0.5, 0.6) is 0 Å². The zero-order valence-corrected chi connectivity index (χ0v) is 9.73. The van der Waals surface area contributed by atoms with E-state index in [1.807, 2.05) is 0 Å². The van der Waals surface area contributed by atoms with Crippen molar-refractivity contribution in [2.24, 2.45) is 11.3 Å². The number of piperidine rings is 1. The van der Waals surface area contributed by atoms with Crippen LogP contribution < -0.4 is 5.32 Å². The number of carbonyl (C=O) groups excluding carboxylic acids is 1. The highest BCUT2D eigenvalue weighted by Gasteiger charge is 2.22. The molecule has 1 aliphatic heterocycles. The quantitative estimate of drug-likeness (QED) is 0.752. The Morgan fingerprint density at radius 3 is 2.64 bits per heavy atom. The first-order valence-electron chi connectivity index (χ1n) is 5.72. The third-order valence-corrected chi connectivity index (χ3v) is 2.87. The van der Waals surface area contributed by atoms with E-state index < -0.39 is 0 Å². The molecule has 0 aromatic heterocycles. The minimum atomic E-state index is 0.289. The Labute approximate surface area is 87.5 Å². The van der Waals surface area contributed by atoms with Gasteiger partial charge in [-0.05, 0) is 31.2 Å². The first-order valence-corrected chi connectivity index (χ1v) is 5.72. The zero-order chi connectivity index (χ0) is 10.6. The predicted molar refractivity (Wildman–Crippen MR) is 59.3 cm³/mol. The molecule has 82 valence electrons. The van der Waals surface area contributed by atoms with Crippen LogP contribution in [0.4, 0.5) is 0 Å². The number of nitrogens with one attached hydrogen (secondary N) is 1. The van der Waals surface area contributed by atoms with E-state index >= 15 is 0 Å². The topological polar surface area (TPSA) is 29.1 Å². The van der Waals surface area contributed by atoms with Crippen LogP contribution in [-0.2, 0) is 4.79 Å². The second-order valence-corrected chi connectivity index (χ2v) is 5.57. The molecule has 0 aromatic carbocycles. The Balaban J connectivity index is 2.27. The van der Waals surface area contributed by atoms with Gasteiger partial charge in [0, 0.05) is 18.9 Å². The molecular formula is C12H23NO. The molecular weight excluding hydrogens is 174 g/mol. The Kier molecular flexibility index (Phi) is 4.11. The molecule has 2 nitrogen and oxygen atoms in total. The molecule has 1 saturated heterocycles. The van der Waals surface area contributed by atoms with Crippen LogP contribution in [0.15, 0.2) is 0 Å². The van der Waals surface area contributed by atoms with Gasteiger partial charge in [0.15, 0.2) is 0 Å². The summed E-state index contributed by atoms with van der Waals surface area (Å²) in [5.74, 6) is 0.762. The van der Waals surface area contributed by atoms with Crippen molar-refractivity contribution in [2.75, 3.05) is 13.1 Å². The molecule has 1 rings (SSSR count). The van der Waals surface area contributed by atoms with E-state index in [4.69, 9.17) is 0 Å². The Morgan fingerprint density at radius 2 is 2.14 bits per heavy atom. The second kappa shape index (κ2) is 4.92.